The lowest BCUT2D eigenvalue weighted by Gasteiger charge is -2.27. The van der Waals surface area contributed by atoms with Gasteiger partial charge >= 0.3 is 0 Å². The van der Waals surface area contributed by atoms with Crippen LogP contribution in [-0.2, 0) is 27.5 Å². The monoisotopic (exact) mass is 583 g/mol. The van der Waals surface area contributed by atoms with Crippen molar-refractivity contribution in [3.05, 3.63) is 95.1 Å². The van der Waals surface area contributed by atoms with Gasteiger partial charge in [0.2, 0.25) is 11.8 Å². The molecule has 0 saturated carbocycles. The number of methoxy groups -OCH3 is 1. The first-order chi connectivity index (χ1) is 20.4. The van der Waals surface area contributed by atoms with E-state index in [-0.39, 0.29) is 24.1 Å². The van der Waals surface area contributed by atoms with Crippen molar-refractivity contribution in [3.63, 3.8) is 0 Å². The van der Waals surface area contributed by atoms with Crippen LogP contribution in [0, 0.1) is 6.92 Å². The van der Waals surface area contributed by atoms with E-state index in [0.29, 0.717) is 41.8 Å². The maximum absolute atomic E-state index is 13.6. The van der Waals surface area contributed by atoms with Crippen molar-refractivity contribution in [2.75, 3.05) is 7.11 Å². The molecule has 2 heterocycles. The summed E-state index contributed by atoms with van der Waals surface area (Å²) in [4.78, 5) is 50.5. The molecule has 3 amide bonds. The number of nitrogens with one attached hydrogen (secondary N) is 2. The van der Waals surface area contributed by atoms with E-state index in [2.05, 4.69) is 15.6 Å². The molecule has 0 radical (unpaired) electrons. The van der Waals surface area contributed by atoms with Gasteiger partial charge in [-0.2, -0.15) is 0 Å². The van der Waals surface area contributed by atoms with Crippen molar-refractivity contribution in [2.24, 2.45) is 9.98 Å². The Kier molecular flexibility index (Phi) is 9.02. The van der Waals surface area contributed by atoms with Gasteiger partial charge < -0.3 is 15.4 Å². The summed E-state index contributed by atoms with van der Waals surface area (Å²) in [6, 6.07) is 22.0. The molecule has 2 aliphatic heterocycles. The SMILES string of the molecule is CC[C@@H](SC1=Nc2ccccc2C2=N[C@H](CC(=O)NCc3ccc(OC)cc3)C(=O)N12)C(=O)NCc1ccc(C)cc1. The molecule has 2 N–H and O–H groups in total. The highest BCUT2D eigenvalue weighted by Gasteiger charge is 2.43. The summed E-state index contributed by atoms with van der Waals surface area (Å²) in [5.74, 6) is 0.439. The van der Waals surface area contributed by atoms with E-state index in [1.54, 1.807) is 7.11 Å². The van der Waals surface area contributed by atoms with Crippen LogP contribution in [0.5, 0.6) is 5.75 Å². The molecule has 2 aliphatic rings. The van der Waals surface area contributed by atoms with Crippen LogP contribution in [0.1, 0.15) is 42.0 Å². The predicted octanol–water partition coefficient (Wildman–Crippen LogP) is 4.50. The Labute approximate surface area is 249 Å². The van der Waals surface area contributed by atoms with Gasteiger partial charge in [0.25, 0.3) is 5.91 Å². The highest BCUT2D eigenvalue weighted by molar-refractivity contribution is 8.15. The van der Waals surface area contributed by atoms with Crippen LogP contribution in [0.3, 0.4) is 0 Å². The van der Waals surface area contributed by atoms with E-state index >= 15 is 0 Å². The highest BCUT2D eigenvalue weighted by atomic mass is 32.2. The maximum atomic E-state index is 13.6. The highest BCUT2D eigenvalue weighted by Crippen LogP contribution is 2.35. The molecule has 0 aromatic heterocycles. The molecule has 0 fully saturated rings. The fourth-order valence-corrected chi connectivity index (χ4v) is 5.71. The van der Waals surface area contributed by atoms with E-state index in [9.17, 15) is 14.4 Å². The zero-order valence-corrected chi connectivity index (χ0v) is 24.6. The van der Waals surface area contributed by atoms with E-state index in [4.69, 9.17) is 9.73 Å². The van der Waals surface area contributed by atoms with E-state index in [1.165, 1.54) is 16.7 Å². The molecular formula is C32H33N5O4S. The molecule has 0 aliphatic carbocycles. The number of carbonyl (C=O) groups is 3. The molecule has 10 heteroatoms. The molecule has 0 spiro atoms. The number of hydrogen-bond donors (Lipinski definition) is 2. The third-order valence-corrected chi connectivity index (χ3v) is 8.39. The maximum Gasteiger partial charge on any atom is 0.259 e. The quantitative estimate of drug-likeness (QED) is 0.365. The van der Waals surface area contributed by atoms with Gasteiger partial charge in [0.05, 0.1) is 24.5 Å². The summed E-state index contributed by atoms with van der Waals surface area (Å²) < 4.78 is 5.18. The number of benzene rings is 3. The third-order valence-electron chi connectivity index (χ3n) is 7.07. The number of aryl methyl sites for hydroxylation is 1. The zero-order valence-electron chi connectivity index (χ0n) is 23.8. The van der Waals surface area contributed by atoms with Crippen LogP contribution < -0.4 is 15.4 Å². The van der Waals surface area contributed by atoms with Crippen molar-refractivity contribution in [2.45, 2.75) is 51.1 Å². The number of ether oxygens (including phenoxy) is 1. The Balaban J connectivity index is 1.28. The summed E-state index contributed by atoms with van der Waals surface area (Å²) in [5.41, 5.74) is 4.46. The van der Waals surface area contributed by atoms with Gasteiger partial charge in [-0.3, -0.25) is 19.4 Å². The number of nitrogens with zero attached hydrogens (tertiary/aromatic N) is 3. The van der Waals surface area contributed by atoms with Gasteiger partial charge in [0, 0.05) is 18.7 Å². The van der Waals surface area contributed by atoms with Crippen molar-refractivity contribution >= 4 is 46.2 Å². The van der Waals surface area contributed by atoms with Crippen molar-refractivity contribution in [1.29, 1.82) is 0 Å². The predicted molar refractivity (Wildman–Crippen MR) is 165 cm³/mol. The van der Waals surface area contributed by atoms with Crippen molar-refractivity contribution in [3.8, 4) is 5.75 Å². The Hall–Kier alpha value is -4.44. The summed E-state index contributed by atoms with van der Waals surface area (Å²) in [7, 11) is 1.60. The first-order valence-electron chi connectivity index (χ1n) is 13.9. The summed E-state index contributed by atoms with van der Waals surface area (Å²) in [6.07, 6.45) is 0.445. The number of rotatable bonds is 10. The van der Waals surface area contributed by atoms with Crippen LogP contribution in [0.4, 0.5) is 5.69 Å². The van der Waals surface area contributed by atoms with Gasteiger partial charge in [0.1, 0.15) is 17.6 Å². The van der Waals surface area contributed by atoms with Crippen LogP contribution in [0.25, 0.3) is 0 Å². The average Bonchev–Trinajstić information content (AvgIpc) is 3.34. The number of carbonyl (C=O) groups excluding carboxylic acids is 3. The second kappa shape index (κ2) is 13.0. The van der Waals surface area contributed by atoms with Crippen LogP contribution >= 0.6 is 11.8 Å². The van der Waals surface area contributed by atoms with Crippen molar-refractivity contribution in [1.82, 2.24) is 15.5 Å². The minimum absolute atomic E-state index is 0.0939. The van der Waals surface area contributed by atoms with Gasteiger partial charge in [-0.05, 0) is 48.7 Å². The lowest BCUT2D eigenvalue weighted by molar-refractivity contribution is -0.128. The topological polar surface area (TPSA) is 112 Å². The number of thioether (sulfide) groups is 1. The molecule has 3 aromatic rings. The largest absolute Gasteiger partial charge is 0.497 e. The Morgan fingerprint density at radius 1 is 0.976 bits per heavy atom. The molecule has 0 bridgehead atoms. The number of para-hydroxylation sites is 1. The summed E-state index contributed by atoms with van der Waals surface area (Å²) in [6.45, 7) is 4.68. The minimum atomic E-state index is -0.886. The smallest absolute Gasteiger partial charge is 0.259 e. The molecule has 3 aromatic carbocycles. The Bertz CT molecular complexity index is 1540. The molecule has 216 valence electrons. The fourth-order valence-electron chi connectivity index (χ4n) is 4.66. The Morgan fingerprint density at radius 2 is 1.64 bits per heavy atom. The second-order valence-corrected chi connectivity index (χ2v) is 11.3. The number of amides is 3. The number of amidine groups is 2. The van der Waals surface area contributed by atoms with Gasteiger partial charge in [0.15, 0.2) is 5.17 Å². The van der Waals surface area contributed by atoms with Gasteiger partial charge in [-0.1, -0.05) is 72.8 Å². The average molecular weight is 584 g/mol. The van der Waals surface area contributed by atoms with Crippen LogP contribution in [-0.4, -0.2) is 52.0 Å². The van der Waals surface area contributed by atoms with Crippen LogP contribution in [0.2, 0.25) is 0 Å². The zero-order chi connectivity index (χ0) is 29.6. The van der Waals surface area contributed by atoms with E-state index in [0.717, 1.165) is 22.4 Å². The number of aliphatic imine (C=N–C) groups is 2. The van der Waals surface area contributed by atoms with E-state index in [1.807, 2.05) is 86.6 Å². The second-order valence-electron chi connectivity index (χ2n) is 10.1. The molecule has 0 saturated heterocycles. The molecular weight excluding hydrogens is 550 g/mol. The molecule has 42 heavy (non-hydrogen) atoms. The van der Waals surface area contributed by atoms with Crippen LogP contribution in [0.15, 0.2) is 82.8 Å². The molecule has 9 nitrogen and oxygen atoms in total. The first kappa shape index (κ1) is 29.1. The Morgan fingerprint density at radius 3 is 2.33 bits per heavy atom. The number of hydrogen-bond acceptors (Lipinski definition) is 7. The third kappa shape index (κ3) is 6.54. The molecule has 2 atom stereocenters. The standard InChI is InChI=1S/C32H33N5O4S/c1-4-27(30(39)34-19-21-11-9-20(2)10-12-21)42-32-36-25-8-6-5-7-24(25)29-35-26(31(40)37(29)32)17-28(38)33-18-22-13-15-23(41-3)16-14-22/h5-16,26-27H,4,17-19H2,1-3H3,(H,33,38)(H,34,39)/t26-,27-/m1/s1. The van der Waals surface area contributed by atoms with E-state index < -0.39 is 11.3 Å². The summed E-state index contributed by atoms with van der Waals surface area (Å²) >= 11 is 1.24. The van der Waals surface area contributed by atoms with Crippen molar-refractivity contribution < 1.29 is 19.1 Å². The minimum Gasteiger partial charge on any atom is -0.497 e. The summed E-state index contributed by atoms with van der Waals surface area (Å²) in [5, 5.41) is 5.80. The van der Waals surface area contributed by atoms with Gasteiger partial charge in [-0.25, -0.2) is 9.89 Å². The number of fused-ring (bicyclic) bond motifs is 3. The molecule has 5 rings (SSSR count). The van der Waals surface area contributed by atoms with Gasteiger partial charge in [-0.15, -0.1) is 0 Å². The first-order valence-corrected chi connectivity index (χ1v) is 14.7. The normalized spacial score (nSPS) is 16.1. The molecule has 0 unspecified atom stereocenters. The lowest BCUT2D eigenvalue weighted by Crippen LogP contribution is -2.43. The lowest BCUT2D eigenvalue weighted by atomic mass is 10.1. The fraction of sp³-hybridized carbons (Fsp3) is 0.281.